The average Bonchev–Trinajstić information content (AvgIpc) is 3.30. The molecule has 0 bridgehead atoms. The molecule has 0 aliphatic carbocycles. The first-order chi connectivity index (χ1) is 13.8. The molecule has 0 atom stereocenters. The number of nitrogens with zero attached hydrogens (tertiary/aromatic N) is 5. The second kappa shape index (κ2) is 7.24. The molecule has 4 aromatic rings. The van der Waals surface area contributed by atoms with Gasteiger partial charge >= 0.3 is 6.18 Å². The van der Waals surface area contributed by atoms with Crippen molar-refractivity contribution < 1.29 is 18.0 Å². The maximum atomic E-state index is 12.9. The Morgan fingerprint density at radius 2 is 2.07 bits per heavy atom. The maximum Gasteiger partial charge on any atom is 0.393 e. The number of pyridine rings is 1. The van der Waals surface area contributed by atoms with Crippen molar-refractivity contribution in [1.82, 2.24) is 24.6 Å². The van der Waals surface area contributed by atoms with Crippen LogP contribution in [0, 0.1) is 6.92 Å². The number of aromatic nitrogens is 5. The fourth-order valence-electron chi connectivity index (χ4n) is 2.89. The van der Waals surface area contributed by atoms with Crippen molar-refractivity contribution >= 4 is 28.1 Å². The first kappa shape index (κ1) is 19.0. The number of halogens is 3. The third-order valence-electron chi connectivity index (χ3n) is 4.15. The van der Waals surface area contributed by atoms with Gasteiger partial charge in [-0.1, -0.05) is 0 Å². The fourth-order valence-corrected chi connectivity index (χ4v) is 3.47. The van der Waals surface area contributed by atoms with Crippen molar-refractivity contribution in [2.75, 3.05) is 5.43 Å². The Morgan fingerprint density at radius 3 is 2.76 bits per heavy atom. The molecule has 0 saturated heterocycles. The fraction of sp³-hybridized carbons (Fsp3) is 0.167. The molecule has 0 saturated carbocycles. The van der Waals surface area contributed by atoms with E-state index in [-0.39, 0.29) is 11.1 Å². The molecule has 0 radical (unpaired) electrons. The van der Waals surface area contributed by atoms with Gasteiger partial charge in [-0.05, 0) is 18.6 Å². The molecule has 4 rings (SSSR count). The molecule has 0 fully saturated rings. The quantitative estimate of drug-likeness (QED) is 0.546. The zero-order valence-corrected chi connectivity index (χ0v) is 15.8. The van der Waals surface area contributed by atoms with E-state index in [4.69, 9.17) is 0 Å². The third-order valence-corrected chi connectivity index (χ3v) is 4.92. The van der Waals surface area contributed by atoms with Crippen molar-refractivity contribution in [3.8, 4) is 10.8 Å². The summed E-state index contributed by atoms with van der Waals surface area (Å²) in [4.78, 5) is 29.2. The standard InChI is InChI=1S/C18H13F3N6OS/c1-10-13(7-24-15(25-10)17-23-4-5-29-17)16(28)26-27-9-11(6-18(19,20)21)12-2-3-22-8-14(12)27/h2-5,7-9H,6H2,1H3,(H,26,28). The number of nitrogens with one attached hydrogen (secondary N) is 1. The van der Waals surface area contributed by atoms with E-state index in [1.165, 1.54) is 46.9 Å². The number of aryl methyl sites for hydroxylation is 1. The van der Waals surface area contributed by atoms with E-state index in [9.17, 15) is 18.0 Å². The summed E-state index contributed by atoms with van der Waals surface area (Å²) in [7, 11) is 0. The summed E-state index contributed by atoms with van der Waals surface area (Å²) in [6.07, 6.45) is 1.56. The molecular weight excluding hydrogens is 405 g/mol. The lowest BCUT2D eigenvalue weighted by molar-refractivity contribution is -0.127. The number of fused-ring (bicyclic) bond motifs is 1. The Labute approximate surface area is 166 Å². The highest BCUT2D eigenvalue weighted by atomic mass is 32.1. The van der Waals surface area contributed by atoms with E-state index < -0.39 is 18.5 Å². The molecule has 11 heteroatoms. The van der Waals surface area contributed by atoms with Crippen LogP contribution >= 0.6 is 11.3 Å². The van der Waals surface area contributed by atoms with E-state index in [1.807, 2.05) is 0 Å². The van der Waals surface area contributed by atoms with Crippen LogP contribution in [0.4, 0.5) is 13.2 Å². The van der Waals surface area contributed by atoms with Crippen LogP contribution in [0.2, 0.25) is 0 Å². The van der Waals surface area contributed by atoms with Crippen LogP contribution < -0.4 is 5.43 Å². The summed E-state index contributed by atoms with van der Waals surface area (Å²) in [5.41, 5.74) is 3.61. The number of thiazole rings is 1. The topological polar surface area (TPSA) is 85.6 Å². The highest BCUT2D eigenvalue weighted by Gasteiger charge is 2.29. The molecular formula is C18H13F3N6OS. The maximum absolute atomic E-state index is 12.9. The summed E-state index contributed by atoms with van der Waals surface area (Å²) in [6, 6.07) is 1.48. The Balaban J connectivity index is 1.64. The average molecular weight is 418 g/mol. The minimum atomic E-state index is -4.37. The Hall–Kier alpha value is -3.34. The largest absolute Gasteiger partial charge is 0.393 e. The highest BCUT2D eigenvalue weighted by molar-refractivity contribution is 7.13. The van der Waals surface area contributed by atoms with Gasteiger partial charge in [0.15, 0.2) is 10.8 Å². The third kappa shape index (κ3) is 3.94. The minimum absolute atomic E-state index is 0.0438. The van der Waals surface area contributed by atoms with Crippen LogP contribution in [0.1, 0.15) is 21.6 Å². The zero-order chi connectivity index (χ0) is 20.6. The van der Waals surface area contributed by atoms with E-state index in [2.05, 4.69) is 25.4 Å². The van der Waals surface area contributed by atoms with E-state index in [0.717, 1.165) is 0 Å². The van der Waals surface area contributed by atoms with Gasteiger partial charge in [-0.2, -0.15) is 13.2 Å². The van der Waals surface area contributed by atoms with Gasteiger partial charge in [0.25, 0.3) is 5.91 Å². The van der Waals surface area contributed by atoms with Crippen LogP contribution in [-0.2, 0) is 6.42 Å². The van der Waals surface area contributed by atoms with Crippen LogP contribution in [-0.4, -0.2) is 36.7 Å². The lowest BCUT2D eigenvalue weighted by Crippen LogP contribution is -2.23. The second-order valence-electron chi connectivity index (χ2n) is 6.18. The number of carbonyl (C=O) groups excluding carboxylic acids is 1. The van der Waals surface area contributed by atoms with Gasteiger partial charge in [0.1, 0.15) is 0 Å². The van der Waals surface area contributed by atoms with Gasteiger partial charge in [0.2, 0.25) is 0 Å². The normalized spacial score (nSPS) is 11.7. The van der Waals surface area contributed by atoms with Gasteiger partial charge in [-0.3, -0.25) is 19.9 Å². The van der Waals surface area contributed by atoms with E-state index >= 15 is 0 Å². The SMILES string of the molecule is Cc1nc(-c2nccs2)ncc1C(=O)Nn1cc(CC(F)(F)F)c2ccncc21. The summed E-state index contributed by atoms with van der Waals surface area (Å²) in [5, 5.41) is 2.78. The molecule has 0 aliphatic rings. The summed E-state index contributed by atoms with van der Waals surface area (Å²) in [5.74, 6) is -0.148. The predicted octanol–water partition coefficient (Wildman–Crippen LogP) is 3.75. The summed E-state index contributed by atoms with van der Waals surface area (Å²) in [6.45, 7) is 1.65. The summed E-state index contributed by atoms with van der Waals surface area (Å²) < 4.78 is 39.9. The van der Waals surface area contributed by atoms with Gasteiger partial charge in [0.05, 0.1) is 29.4 Å². The van der Waals surface area contributed by atoms with Gasteiger partial charge in [-0.25, -0.2) is 15.0 Å². The number of rotatable bonds is 4. The lowest BCUT2D eigenvalue weighted by Gasteiger charge is -2.09. The number of amides is 1. The first-order valence-corrected chi connectivity index (χ1v) is 9.25. The second-order valence-corrected chi connectivity index (χ2v) is 7.07. The minimum Gasteiger partial charge on any atom is -0.267 e. The molecule has 1 N–H and O–H groups in total. The molecule has 29 heavy (non-hydrogen) atoms. The Bertz CT molecular complexity index is 1190. The van der Waals surface area contributed by atoms with Crippen LogP contribution in [0.25, 0.3) is 21.7 Å². The molecule has 0 unspecified atom stereocenters. The van der Waals surface area contributed by atoms with E-state index in [0.29, 0.717) is 27.4 Å². The van der Waals surface area contributed by atoms with Crippen molar-refractivity contribution in [2.24, 2.45) is 0 Å². The highest BCUT2D eigenvalue weighted by Crippen LogP contribution is 2.27. The van der Waals surface area contributed by atoms with Crippen molar-refractivity contribution in [2.45, 2.75) is 19.5 Å². The Kier molecular flexibility index (Phi) is 4.74. The molecule has 4 aromatic heterocycles. The molecule has 7 nitrogen and oxygen atoms in total. The number of carbonyl (C=O) groups is 1. The molecule has 148 valence electrons. The Morgan fingerprint density at radius 1 is 1.24 bits per heavy atom. The number of alkyl halides is 3. The van der Waals surface area contributed by atoms with Crippen LogP contribution in [0.3, 0.4) is 0 Å². The lowest BCUT2D eigenvalue weighted by atomic mass is 10.1. The molecule has 0 aromatic carbocycles. The summed E-state index contributed by atoms with van der Waals surface area (Å²) >= 11 is 1.37. The smallest absolute Gasteiger partial charge is 0.267 e. The molecule has 1 amide bonds. The number of hydrogen-bond donors (Lipinski definition) is 1. The predicted molar refractivity (Wildman–Crippen MR) is 101 cm³/mol. The van der Waals surface area contributed by atoms with Gasteiger partial charge < -0.3 is 0 Å². The first-order valence-electron chi connectivity index (χ1n) is 8.37. The van der Waals surface area contributed by atoms with Gasteiger partial charge in [-0.15, -0.1) is 11.3 Å². The monoisotopic (exact) mass is 418 g/mol. The molecule has 0 spiro atoms. The van der Waals surface area contributed by atoms with Crippen molar-refractivity contribution in [1.29, 1.82) is 0 Å². The van der Waals surface area contributed by atoms with Crippen LogP contribution in [0.5, 0.6) is 0 Å². The molecule has 0 aliphatic heterocycles. The zero-order valence-electron chi connectivity index (χ0n) is 14.9. The van der Waals surface area contributed by atoms with Crippen molar-refractivity contribution in [3.63, 3.8) is 0 Å². The number of hydrogen-bond acceptors (Lipinski definition) is 6. The van der Waals surface area contributed by atoms with Gasteiger partial charge in [0, 0.05) is 35.6 Å². The van der Waals surface area contributed by atoms with Crippen LogP contribution in [0.15, 0.2) is 42.4 Å². The van der Waals surface area contributed by atoms with E-state index in [1.54, 1.807) is 18.5 Å². The van der Waals surface area contributed by atoms with Crippen molar-refractivity contribution in [3.05, 3.63) is 59.3 Å². The molecule has 4 heterocycles.